The fourth-order valence-corrected chi connectivity index (χ4v) is 2.90. The third-order valence-electron chi connectivity index (χ3n) is 4.06. The second kappa shape index (κ2) is 6.83. The van der Waals surface area contributed by atoms with Gasteiger partial charge in [-0.05, 0) is 29.5 Å². The van der Waals surface area contributed by atoms with Gasteiger partial charge in [0.2, 0.25) is 0 Å². The van der Waals surface area contributed by atoms with Crippen LogP contribution in [0.15, 0.2) is 24.3 Å². The van der Waals surface area contributed by atoms with Crippen LogP contribution in [0.5, 0.6) is 5.75 Å². The Hall–Kier alpha value is -1.71. The molecule has 0 unspecified atom stereocenters. The molecule has 1 heterocycles. The molecule has 2 rings (SSSR count). The molecule has 21 heavy (non-hydrogen) atoms. The highest BCUT2D eigenvalue weighted by molar-refractivity contribution is 5.68. The van der Waals surface area contributed by atoms with Gasteiger partial charge in [0.25, 0.3) is 0 Å². The minimum atomic E-state index is -0.218. The summed E-state index contributed by atoms with van der Waals surface area (Å²) in [5.74, 6) is 1.32. The third kappa shape index (κ3) is 3.90. The van der Waals surface area contributed by atoms with Gasteiger partial charge < -0.3 is 14.7 Å². The van der Waals surface area contributed by atoms with Crippen LogP contribution in [-0.2, 0) is 4.74 Å². The molecule has 1 amide bonds. The molecule has 0 spiro atoms. The molecule has 0 aromatic heterocycles. The number of hydrogen-bond acceptors (Lipinski definition) is 3. The zero-order valence-electron chi connectivity index (χ0n) is 13.1. The Morgan fingerprint density at radius 2 is 2.19 bits per heavy atom. The van der Waals surface area contributed by atoms with Crippen LogP contribution in [0.2, 0.25) is 0 Å². The number of carbonyl (C=O) groups is 1. The number of carbonyl (C=O) groups excluding carboxylic acids is 1. The van der Waals surface area contributed by atoms with E-state index in [0.29, 0.717) is 25.0 Å². The van der Waals surface area contributed by atoms with Gasteiger partial charge in [0, 0.05) is 19.0 Å². The monoisotopic (exact) mass is 291 g/mol. The maximum absolute atomic E-state index is 12.1. The molecule has 1 aliphatic rings. The number of amides is 1. The first kappa shape index (κ1) is 15.7. The minimum Gasteiger partial charge on any atom is -0.508 e. The molecular formula is C17H25NO3. The smallest absolute Gasteiger partial charge is 0.409 e. The van der Waals surface area contributed by atoms with Crippen molar-refractivity contribution >= 4 is 6.09 Å². The molecule has 0 saturated carbocycles. The second-order valence-electron chi connectivity index (χ2n) is 6.25. The largest absolute Gasteiger partial charge is 0.508 e. The highest BCUT2D eigenvalue weighted by Crippen LogP contribution is 2.36. The third-order valence-corrected chi connectivity index (χ3v) is 4.06. The number of phenolic OH excluding ortho intramolecular Hbond substituents is 1. The first-order valence-corrected chi connectivity index (χ1v) is 7.71. The van der Waals surface area contributed by atoms with Crippen LogP contribution < -0.4 is 0 Å². The Balaban J connectivity index is 2.05. The van der Waals surface area contributed by atoms with Crippen LogP contribution >= 0.6 is 0 Å². The lowest BCUT2D eigenvalue weighted by Crippen LogP contribution is -2.30. The van der Waals surface area contributed by atoms with Crippen molar-refractivity contribution in [2.75, 3.05) is 19.7 Å². The Bertz CT molecular complexity index is 487. The molecule has 2 atom stereocenters. The Morgan fingerprint density at radius 3 is 2.81 bits per heavy atom. The maximum atomic E-state index is 12.1. The summed E-state index contributed by atoms with van der Waals surface area (Å²) in [4.78, 5) is 13.9. The highest BCUT2D eigenvalue weighted by atomic mass is 16.6. The molecule has 4 heteroatoms. The summed E-state index contributed by atoms with van der Waals surface area (Å²) >= 11 is 0. The first-order chi connectivity index (χ1) is 10.0. The lowest BCUT2D eigenvalue weighted by Gasteiger charge is -2.17. The normalized spacial score (nSPS) is 21.8. The SMILES string of the molecule is CC[C@H]1CN(C(=O)OCC(C)C)C[C@H]1c1cccc(O)c1. The van der Waals surface area contributed by atoms with Crippen LogP contribution in [0.1, 0.15) is 38.7 Å². The van der Waals surface area contributed by atoms with Crippen LogP contribution in [0.4, 0.5) is 4.79 Å². The van der Waals surface area contributed by atoms with Crippen LogP contribution in [0.25, 0.3) is 0 Å². The molecule has 0 aliphatic carbocycles. The van der Waals surface area contributed by atoms with Gasteiger partial charge in [-0.3, -0.25) is 0 Å². The van der Waals surface area contributed by atoms with Crippen LogP contribution in [-0.4, -0.2) is 35.8 Å². The van der Waals surface area contributed by atoms with Crippen molar-refractivity contribution in [1.29, 1.82) is 0 Å². The summed E-state index contributed by atoms with van der Waals surface area (Å²) in [6.45, 7) is 8.06. The van der Waals surface area contributed by atoms with E-state index in [1.807, 2.05) is 26.0 Å². The van der Waals surface area contributed by atoms with Crippen molar-refractivity contribution < 1.29 is 14.6 Å². The zero-order chi connectivity index (χ0) is 15.4. The number of benzene rings is 1. The topological polar surface area (TPSA) is 49.8 Å². The number of rotatable bonds is 4. The molecular weight excluding hydrogens is 266 g/mol. The molecule has 1 aromatic carbocycles. The molecule has 0 bridgehead atoms. The van der Waals surface area contributed by atoms with E-state index >= 15 is 0 Å². The standard InChI is InChI=1S/C17H25NO3/c1-4-13-9-18(17(20)21-11-12(2)3)10-16(13)14-6-5-7-15(19)8-14/h5-8,12-13,16,19H,4,9-11H2,1-3H3/t13-,16+/m0/s1. The van der Waals surface area contributed by atoms with Crippen molar-refractivity contribution in [2.24, 2.45) is 11.8 Å². The van der Waals surface area contributed by atoms with E-state index in [-0.39, 0.29) is 17.8 Å². The summed E-state index contributed by atoms with van der Waals surface area (Å²) in [5.41, 5.74) is 1.10. The van der Waals surface area contributed by atoms with E-state index in [2.05, 4.69) is 6.92 Å². The number of hydrogen-bond donors (Lipinski definition) is 1. The Labute approximate surface area is 126 Å². The van der Waals surface area contributed by atoms with Crippen LogP contribution in [0, 0.1) is 11.8 Å². The van der Waals surface area contributed by atoms with Crippen LogP contribution in [0.3, 0.4) is 0 Å². The zero-order valence-corrected chi connectivity index (χ0v) is 13.1. The van der Waals surface area contributed by atoms with Gasteiger partial charge in [0.05, 0.1) is 6.61 Å². The molecule has 1 N–H and O–H groups in total. The number of phenols is 1. The molecule has 116 valence electrons. The van der Waals surface area contributed by atoms with E-state index < -0.39 is 0 Å². The average Bonchev–Trinajstić information content (AvgIpc) is 2.89. The molecule has 1 saturated heterocycles. The van der Waals surface area contributed by atoms with E-state index in [4.69, 9.17) is 4.74 Å². The predicted octanol–water partition coefficient (Wildman–Crippen LogP) is 3.61. The van der Waals surface area contributed by atoms with E-state index in [9.17, 15) is 9.90 Å². The number of likely N-dealkylation sites (tertiary alicyclic amines) is 1. The van der Waals surface area contributed by atoms with Gasteiger partial charge in [0.15, 0.2) is 0 Å². The molecule has 1 fully saturated rings. The van der Waals surface area contributed by atoms with Crippen molar-refractivity contribution in [3.8, 4) is 5.75 Å². The predicted molar refractivity (Wildman–Crippen MR) is 82.4 cm³/mol. The summed E-state index contributed by atoms with van der Waals surface area (Å²) in [7, 11) is 0. The lowest BCUT2D eigenvalue weighted by atomic mass is 9.87. The van der Waals surface area contributed by atoms with Gasteiger partial charge in [-0.2, -0.15) is 0 Å². The second-order valence-corrected chi connectivity index (χ2v) is 6.25. The van der Waals surface area contributed by atoms with Gasteiger partial charge in [-0.1, -0.05) is 39.3 Å². The van der Waals surface area contributed by atoms with Crippen molar-refractivity contribution in [3.63, 3.8) is 0 Å². The molecule has 1 aromatic rings. The first-order valence-electron chi connectivity index (χ1n) is 7.71. The van der Waals surface area contributed by atoms with Gasteiger partial charge >= 0.3 is 6.09 Å². The summed E-state index contributed by atoms with van der Waals surface area (Å²) in [6.07, 6.45) is 0.790. The highest BCUT2D eigenvalue weighted by Gasteiger charge is 2.35. The van der Waals surface area contributed by atoms with Gasteiger partial charge in [-0.15, -0.1) is 0 Å². The number of nitrogens with zero attached hydrogens (tertiary/aromatic N) is 1. The summed E-state index contributed by atoms with van der Waals surface area (Å²) in [5, 5.41) is 9.65. The average molecular weight is 291 g/mol. The Morgan fingerprint density at radius 1 is 1.43 bits per heavy atom. The van der Waals surface area contributed by atoms with E-state index in [0.717, 1.165) is 18.5 Å². The number of aromatic hydroxyl groups is 1. The van der Waals surface area contributed by atoms with Crippen molar-refractivity contribution in [2.45, 2.75) is 33.1 Å². The van der Waals surface area contributed by atoms with Gasteiger partial charge in [0.1, 0.15) is 5.75 Å². The van der Waals surface area contributed by atoms with Crippen molar-refractivity contribution in [1.82, 2.24) is 4.90 Å². The van der Waals surface area contributed by atoms with E-state index in [1.54, 1.807) is 17.0 Å². The molecule has 1 aliphatic heterocycles. The summed E-state index contributed by atoms with van der Waals surface area (Å²) in [6, 6.07) is 7.36. The Kier molecular flexibility index (Phi) is 5.10. The summed E-state index contributed by atoms with van der Waals surface area (Å²) < 4.78 is 5.33. The van der Waals surface area contributed by atoms with Crippen molar-refractivity contribution in [3.05, 3.63) is 29.8 Å². The van der Waals surface area contributed by atoms with Gasteiger partial charge in [-0.25, -0.2) is 4.79 Å². The molecule has 0 radical (unpaired) electrons. The lowest BCUT2D eigenvalue weighted by molar-refractivity contribution is 0.0981. The maximum Gasteiger partial charge on any atom is 0.409 e. The minimum absolute atomic E-state index is 0.218. The number of ether oxygens (including phenoxy) is 1. The molecule has 4 nitrogen and oxygen atoms in total. The van der Waals surface area contributed by atoms with E-state index in [1.165, 1.54) is 0 Å². The quantitative estimate of drug-likeness (QED) is 0.922. The fraction of sp³-hybridized carbons (Fsp3) is 0.588. The fourth-order valence-electron chi connectivity index (χ4n) is 2.90.